The standard InChI is InChI=1S/C8H17NO/c1-8(2)4-6(9)3-7(10)5-8/h6-7,10H,3-5,9H2,1-2H3/t6-,7+/m1/s1. The van der Waals surface area contributed by atoms with E-state index >= 15 is 0 Å². The van der Waals surface area contributed by atoms with E-state index in [0.29, 0.717) is 0 Å². The van der Waals surface area contributed by atoms with Gasteiger partial charge in [-0.1, -0.05) is 13.8 Å². The second-order valence-corrected chi connectivity index (χ2v) is 4.22. The molecule has 1 rings (SSSR count). The lowest BCUT2D eigenvalue weighted by molar-refractivity contribution is 0.0556. The van der Waals surface area contributed by atoms with Crippen LogP contribution in [0.1, 0.15) is 33.1 Å². The van der Waals surface area contributed by atoms with Crippen LogP contribution >= 0.6 is 0 Å². The van der Waals surface area contributed by atoms with Crippen molar-refractivity contribution in [3.63, 3.8) is 0 Å². The van der Waals surface area contributed by atoms with Crippen LogP contribution < -0.4 is 5.73 Å². The number of hydrogen-bond acceptors (Lipinski definition) is 2. The van der Waals surface area contributed by atoms with Gasteiger partial charge < -0.3 is 10.8 Å². The Bertz CT molecular complexity index is 110. The molecule has 0 radical (unpaired) electrons. The van der Waals surface area contributed by atoms with E-state index in [2.05, 4.69) is 13.8 Å². The van der Waals surface area contributed by atoms with Crippen molar-refractivity contribution in [2.45, 2.75) is 45.3 Å². The van der Waals surface area contributed by atoms with Crippen LogP contribution in [0.4, 0.5) is 0 Å². The third-order valence-electron chi connectivity index (χ3n) is 2.18. The Balaban J connectivity index is 2.51. The summed E-state index contributed by atoms with van der Waals surface area (Å²) in [5.41, 5.74) is 5.99. The van der Waals surface area contributed by atoms with Gasteiger partial charge in [0.2, 0.25) is 0 Å². The average Bonchev–Trinajstić information content (AvgIpc) is 1.54. The van der Waals surface area contributed by atoms with E-state index in [9.17, 15) is 5.11 Å². The topological polar surface area (TPSA) is 46.2 Å². The van der Waals surface area contributed by atoms with Gasteiger partial charge in [0, 0.05) is 6.04 Å². The molecule has 0 heterocycles. The molecule has 2 heteroatoms. The largest absolute Gasteiger partial charge is 0.393 e. The molecule has 60 valence electrons. The molecule has 0 unspecified atom stereocenters. The Labute approximate surface area is 62.4 Å². The molecule has 0 aromatic heterocycles. The van der Waals surface area contributed by atoms with E-state index in [1.165, 1.54) is 0 Å². The highest BCUT2D eigenvalue weighted by Crippen LogP contribution is 2.34. The first kappa shape index (κ1) is 8.02. The van der Waals surface area contributed by atoms with Crippen LogP contribution in [0, 0.1) is 5.41 Å². The predicted molar refractivity (Wildman–Crippen MR) is 41.6 cm³/mol. The lowest BCUT2D eigenvalue weighted by Crippen LogP contribution is -2.39. The highest BCUT2D eigenvalue weighted by molar-refractivity contribution is 4.85. The van der Waals surface area contributed by atoms with Crippen molar-refractivity contribution in [3.05, 3.63) is 0 Å². The summed E-state index contributed by atoms with van der Waals surface area (Å²) in [6, 6.07) is 0.207. The van der Waals surface area contributed by atoms with Gasteiger partial charge in [-0.3, -0.25) is 0 Å². The summed E-state index contributed by atoms with van der Waals surface area (Å²) in [5, 5.41) is 9.34. The smallest absolute Gasteiger partial charge is 0.0560 e. The van der Waals surface area contributed by atoms with E-state index in [4.69, 9.17) is 5.73 Å². The molecule has 0 aromatic rings. The third-order valence-corrected chi connectivity index (χ3v) is 2.18. The molecular weight excluding hydrogens is 126 g/mol. The Morgan fingerprint density at radius 3 is 2.40 bits per heavy atom. The van der Waals surface area contributed by atoms with Gasteiger partial charge in [0.1, 0.15) is 0 Å². The first-order valence-electron chi connectivity index (χ1n) is 3.93. The molecule has 2 nitrogen and oxygen atoms in total. The zero-order valence-electron chi connectivity index (χ0n) is 6.80. The summed E-state index contributed by atoms with van der Waals surface area (Å²) in [7, 11) is 0. The van der Waals surface area contributed by atoms with Crippen LogP contribution in [0.15, 0.2) is 0 Å². The molecule has 1 aliphatic carbocycles. The van der Waals surface area contributed by atoms with Gasteiger partial charge >= 0.3 is 0 Å². The molecule has 0 aliphatic heterocycles. The fraction of sp³-hybridized carbons (Fsp3) is 1.00. The second kappa shape index (κ2) is 2.51. The fourth-order valence-corrected chi connectivity index (χ4v) is 1.95. The molecule has 1 fully saturated rings. The fourth-order valence-electron chi connectivity index (χ4n) is 1.95. The van der Waals surface area contributed by atoms with Crippen molar-refractivity contribution < 1.29 is 5.11 Å². The molecule has 0 saturated heterocycles. The number of aliphatic hydroxyl groups is 1. The Morgan fingerprint density at radius 2 is 2.00 bits per heavy atom. The maximum absolute atomic E-state index is 9.34. The summed E-state index contributed by atoms with van der Waals surface area (Å²) in [6.45, 7) is 4.32. The van der Waals surface area contributed by atoms with E-state index in [-0.39, 0.29) is 17.6 Å². The van der Waals surface area contributed by atoms with Gasteiger partial charge in [0.05, 0.1) is 6.10 Å². The minimum atomic E-state index is -0.168. The molecule has 1 saturated carbocycles. The van der Waals surface area contributed by atoms with E-state index in [0.717, 1.165) is 19.3 Å². The summed E-state index contributed by atoms with van der Waals surface area (Å²) < 4.78 is 0. The van der Waals surface area contributed by atoms with Crippen molar-refractivity contribution in [3.8, 4) is 0 Å². The molecule has 0 aromatic carbocycles. The lowest BCUT2D eigenvalue weighted by atomic mass is 9.74. The van der Waals surface area contributed by atoms with Gasteiger partial charge in [0.15, 0.2) is 0 Å². The summed E-state index contributed by atoms with van der Waals surface area (Å²) in [6.07, 6.45) is 2.56. The van der Waals surface area contributed by atoms with Crippen LogP contribution in [0.2, 0.25) is 0 Å². The first-order valence-corrected chi connectivity index (χ1v) is 3.93. The molecule has 3 N–H and O–H groups in total. The zero-order valence-corrected chi connectivity index (χ0v) is 6.80. The van der Waals surface area contributed by atoms with Crippen molar-refractivity contribution >= 4 is 0 Å². The predicted octanol–water partition coefficient (Wildman–Crippen LogP) is 0.885. The Kier molecular flexibility index (Phi) is 2.02. The molecule has 2 atom stereocenters. The van der Waals surface area contributed by atoms with Crippen molar-refractivity contribution in [2.75, 3.05) is 0 Å². The molecular formula is C8H17NO. The molecule has 0 amide bonds. The Hall–Kier alpha value is -0.0800. The quantitative estimate of drug-likeness (QED) is 0.529. The van der Waals surface area contributed by atoms with Crippen molar-refractivity contribution in [2.24, 2.45) is 11.1 Å². The average molecular weight is 143 g/mol. The van der Waals surface area contributed by atoms with Crippen LogP contribution in [0.5, 0.6) is 0 Å². The molecule has 1 aliphatic rings. The van der Waals surface area contributed by atoms with Crippen molar-refractivity contribution in [1.29, 1.82) is 0 Å². The molecule has 0 bridgehead atoms. The van der Waals surface area contributed by atoms with Crippen LogP contribution in [0.25, 0.3) is 0 Å². The minimum Gasteiger partial charge on any atom is -0.393 e. The zero-order chi connectivity index (χ0) is 7.78. The Morgan fingerprint density at radius 1 is 1.40 bits per heavy atom. The van der Waals surface area contributed by atoms with Gasteiger partial charge in [-0.15, -0.1) is 0 Å². The van der Waals surface area contributed by atoms with Gasteiger partial charge in [-0.25, -0.2) is 0 Å². The molecule has 0 spiro atoms. The highest BCUT2D eigenvalue weighted by atomic mass is 16.3. The summed E-state index contributed by atoms with van der Waals surface area (Å²) in [4.78, 5) is 0. The van der Waals surface area contributed by atoms with E-state index in [1.807, 2.05) is 0 Å². The van der Waals surface area contributed by atoms with Gasteiger partial charge in [-0.2, -0.15) is 0 Å². The number of hydrogen-bond donors (Lipinski definition) is 2. The highest BCUT2D eigenvalue weighted by Gasteiger charge is 2.30. The van der Waals surface area contributed by atoms with E-state index < -0.39 is 0 Å². The SMILES string of the molecule is CC1(C)C[C@H](N)C[C@H](O)C1. The summed E-state index contributed by atoms with van der Waals surface area (Å²) in [5.74, 6) is 0. The monoisotopic (exact) mass is 143 g/mol. The normalized spacial score (nSPS) is 39.6. The van der Waals surface area contributed by atoms with Crippen LogP contribution in [-0.4, -0.2) is 17.3 Å². The van der Waals surface area contributed by atoms with Crippen molar-refractivity contribution in [1.82, 2.24) is 0 Å². The second-order valence-electron chi connectivity index (χ2n) is 4.22. The lowest BCUT2D eigenvalue weighted by Gasteiger charge is -2.36. The van der Waals surface area contributed by atoms with Gasteiger partial charge in [-0.05, 0) is 24.7 Å². The number of rotatable bonds is 0. The molecule has 10 heavy (non-hydrogen) atoms. The summed E-state index contributed by atoms with van der Waals surface area (Å²) >= 11 is 0. The minimum absolute atomic E-state index is 0.168. The third kappa shape index (κ3) is 1.96. The maximum atomic E-state index is 9.34. The number of aliphatic hydroxyl groups excluding tert-OH is 1. The van der Waals surface area contributed by atoms with Gasteiger partial charge in [0.25, 0.3) is 0 Å². The van der Waals surface area contributed by atoms with Crippen LogP contribution in [0.3, 0.4) is 0 Å². The number of nitrogens with two attached hydrogens (primary N) is 1. The van der Waals surface area contributed by atoms with Crippen LogP contribution in [-0.2, 0) is 0 Å². The first-order chi connectivity index (χ1) is 4.49. The maximum Gasteiger partial charge on any atom is 0.0560 e. The van der Waals surface area contributed by atoms with E-state index in [1.54, 1.807) is 0 Å².